The van der Waals surface area contributed by atoms with Gasteiger partial charge in [0.05, 0.1) is 0 Å². The monoisotopic (exact) mass is 177 g/mol. The number of benzene rings is 1. The molecule has 0 aliphatic heterocycles. The number of aromatic amines is 1. The van der Waals surface area contributed by atoms with Crippen LogP contribution < -0.4 is 5.73 Å². The SMILES string of the molecule is Nc1ccc(F)cc1-c1ncc[nH]1. The number of nitrogens with one attached hydrogen (secondary N) is 1. The summed E-state index contributed by atoms with van der Waals surface area (Å²) in [5.74, 6) is 0.262. The van der Waals surface area contributed by atoms with E-state index in [1.165, 1.54) is 18.2 Å². The number of rotatable bonds is 1. The minimum atomic E-state index is -0.319. The highest BCUT2D eigenvalue weighted by atomic mass is 19.1. The maximum atomic E-state index is 12.8. The molecule has 4 heteroatoms. The molecule has 0 radical (unpaired) electrons. The molecule has 13 heavy (non-hydrogen) atoms. The largest absolute Gasteiger partial charge is 0.398 e. The van der Waals surface area contributed by atoms with Crippen LogP contribution in [0, 0.1) is 5.82 Å². The Balaban J connectivity index is 2.57. The fourth-order valence-electron chi connectivity index (χ4n) is 1.15. The first-order valence-corrected chi connectivity index (χ1v) is 3.82. The van der Waals surface area contributed by atoms with Crippen molar-refractivity contribution in [1.82, 2.24) is 9.97 Å². The average Bonchev–Trinajstić information content (AvgIpc) is 2.61. The summed E-state index contributed by atoms with van der Waals surface area (Å²) in [5.41, 5.74) is 6.75. The number of nitrogens with zero attached hydrogens (tertiary/aromatic N) is 1. The molecule has 0 aliphatic carbocycles. The average molecular weight is 177 g/mol. The summed E-state index contributed by atoms with van der Waals surface area (Å²) in [5, 5.41) is 0. The van der Waals surface area contributed by atoms with E-state index in [1.54, 1.807) is 12.4 Å². The van der Waals surface area contributed by atoms with Crippen molar-refractivity contribution in [3.63, 3.8) is 0 Å². The number of anilines is 1. The first-order chi connectivity index (χ1) is 6.27. The molecular weight excluding hydrogens is 169 g/mol. The van der Waals surface area contributed by atoms with Gasteiger partial charge in [0.15, 0.2) is 0 Å². The van der Waals surface area contributed by atoms with Crippen LogP contribution >= 0.6 is 0 Å². The number of hydrogen-bond acceptors (Lipinski definition) is 2. The van der Waals surface area contributed by atoms with E-state index in [9.17, 15) is 4.39 Å². The predicted molar refractivity (Wildman–Crippen MR) is 48.4 cm³/mol. The van der Waals surface area contributed by atoms with Crippen LogP contribution in [0.3, 0.4) is 0 Å². The van der Waals surface area contributed by atoms with E-state index in [1.807, 2.05) is 0 Å². The number of hydrogen-bond donors (Lipinski definition) is 2. The summed E-state index contributed by atoms with van der Waals surface area (Å²) in [6.45, 7) is 0. The Bertz CT molecular complexity index is 409. The zero-order valence-electron chi connectivity index (χ0n) is 6.79. The van der Waals surface area contributed by atoms with Gasteiger partial charge in [0, 0.05) is 23.6 Å². The minimum absolute atomic E-state index is 0.319. The summed E-state index contributed by atoms with van der Waals surface area (Å²) in [6, 6.07) is 4.20. The molecule has 3 N–H and O–H groups in total. The molecule has 0 amide bonds. The van der Waals surface area contributed by atoms with Gasteiger partial charge < -0.3 is 10.7 Å². The van der Waals surface area contributed by atoms with Gasteiger partial charge in [-0.25, -0.2) is 9.37 Å². The summed E-state index contributed by atoms with van der Waals surface area (Å²) < 4.78 is 12.8. The van der Waals surface area contributed by atoms with Gasteiger partial charge in [-0.1, -0.05) is 0 Å². The van der Waals surface area contributed by atoms with Crippen molar-refractivity contribution in [2.75, 3.05) is 5.73 Å². The maximum absolute atomic E-state index is 12.8. The van der Waals surface area contributed by atoms with Gasteiger partial charge in [-0.3, -0.25) is 0 Å². The molecule has 2 aromatic rings. The predicted octanol–water partition coefficient (Wildman–Crippen LogP) is 1.80. The van der Waals surface area contributed by atoms with Gasteiger partial charge in [-0.15, -0.1) is 0 Å². The fraction of sp³-hybridized carbons (Fsp3) is 0. The molecular formula is C9H8FN3. The van der Waals surface area contributed by atoms with Crippen LogP contribution in [-0.4, -0.2) is 9.97 Å². The van der Waals surface area contributed by atoms with E-state index in [2.05, 4.69) is 9.97 Å². The van der Waals surface area contributed by atoms with Crippen LogP contribution in [0.4, 0.5) is 10.1 Å². The van der Waals surface area contributed by atoms with Crippen molar-refractivity contribution in [2.24, 2.45) is 0 Å². The van der Waals surface area contributed by atoms with Crippen LogP contribution in [0.5, 0.6) is 0 Å². The minimum Gasteiger partial charge on any atom is -0.398 e. The van der Waals surface area contributed by atoms with Gasteiger partial charge in [0.2, 0.25) is 0 Å². The maximum Gasteiger partial charge on any atom is 0.139 e. The lowest BCUT2D eigenvalue weighted by molar-refractivity contribution is 0.628. The molecule has 1 heterocycles. The molecule has 0 unspecified atom stereocenters. The lowest BCUT2D eigenvalue weighted by Gasteiger charge is -2.01. The summed E-state index contributed by atoms with van der Waals surface area (Å²) in [6.07, 6.45) is 3.26. The molecule has 0 spiro atoms. The van der Waals surface area contributed by atoms with Crippen LogP contribution in [0.2, 0.25) is 0 Å². The molecule has 0 atom stereocenters. The third kappa shape index (κ3) is 1.38. The Morgan fingerprint density at radius 1 is 1.38 bits per heavy atom. The van der Waals surface area contributed by atoms with E-state index in [0.29, 0.717) is 17.1 Å². The Morgan fingerprint density at radius 2 is 2.23 bits per heavy atom. The normalized spacial score (nSPS) is 10.2. The number of nitrogen functional groups attached to an aromatic ring is 1. The number of nitrogens with two attached hydrogens (primary N) is 1. The third-order valence-corrected chi connectivity index (χ3v) is 1.77. The third-order valence-electron chi connectivity index (χ3n) is 1.77. The van der Waals surface area contributed by atoms with Crippen LogP contribution in [0.25, 0.3) is 11.4 Å². The summed E-state index contributed by atoms with van der Waals surface area (Å²) >= 11 is 0. The van der Waals surface area contributed by atoms with Gasteiger partial charge >= 0.3 is 0 Å². The van der Waals surface area contributed by atoms with E-state index < -0.39 is 0 Å². The van der Waals surface area contributed by atoms with Crippen molar-refractivity contribution in [3.05, 3.63) is 36.4 Å². The lowest BCUT2D eigenvalue weighted by atomic mass is 10.1. The van der Waals surface area contributed by atoms with Crippen molar-refractivity contribution in [1.29, 1.82) is 0 Å². The Kier molecular flexibility index (Phi) is 1.73. The van der Waals surface area contributed by atoms with Crippen molar-refractivity contribution in [2.45, 2.75) is 0 Å². The number of imidazole rings is 1. The van der Waals surface area contributed by atoms with Gasteiger partial charge in [0.1, 0.15) is 11.6 Å². The Morgan fingerprint density at radius 3 is 2.92 bits per heavy atom. The highest BCUT2D eigenvalue weighted by Crippen LogP contribution is 2.22. The summed E-state index contributed by atoms with van der Waals surface area (Å²) in [7, 11) is 0. The molecule has 0 saturated heterocycles. The number of H-pyrrole nitrogens is 1. The molecule has 0 saturated carbocycles. The van der Waals surface area contributed by atoms with E-state index in [4.69, 9.17) is 5.73 Å². The van der Waals surface area contributed by atoms with E-state index in [-0.39, 0.29) is 5.82 Å². The second-order valence-corrected chi connectivity index (χ2v) is 2.67. The van der Waals surface area contributed by atoms with Crippen molar-refractivity contribution in [3.8, 4) is 11.4 Å². The van der Waals surface area contributed by atoms with Crippen molar-refractivity contribution < 1.29 is 4.39 Å². The Hall–Kier alpha value is -1.84. The summed E-state index contributed by atoms with van der Waals surface area (Å²) in [4.78, 5) is 6.85. The molecule has 0 fully saturated rings. The first kappa shape index (κ1) is 7.79. The van der Waals surface area contributed by atoms with Gasteiger partial charge in [-0.2, -0.15) is 0 Å². The Labute approximate surface area is 74.4 Å². The van der Waals surface area contributed by atoms with Gasteiger partial charge in [0.25, 0.3) is 0 Å². The molecule has 2 rings (SSSR count). The first-order valence-electron chi connectivity index (χ1n) is 3.82. The second kappa shape index (κ2) is 2.90. The topological polar surface area (TPSA) is 54.7 Å². The second-order valence-electron chi connectivity index (χ2n) is 2.67. The molecule has 0 aliphatic rings. The number of aromatic nitrogens is 2. The van der Waals surface area contributed by atoms with Gasteiger partial charge in [-0.05, 0) is 18.2 Å². The lowest BCUT2D eigenvalue weighted by Crippen LogP contribution is -1.92. The van der Waals surface area contributed by atoms with E-state index >= 15 is 0 Å². The van der Waals surface area contributed by atoms with E-state index in [0.717, 1.165) is 0 Å². The van der Waals surface area contributed by atoms with Crippen molar-refractivity contribution >= 4 is 5.69 Å². The highest BCUT2D eigenvalue weighted by molar-refractivity contribution is 5.71. The molecule has 1 aromatic carbocycles. The van der Waals surface area contributed by atoms with Crippen LogP contribution in [0.1, 0.15) is 0 Å². The smallest absolute Gasteiger partial charge is 0.139 e. The van der Waals surface area contributed by atoms with Crippen LogP contribution in [-0.2, 0) is 0 Å². The number of halogens is 1. The molecule has 3 nitrogen and oxygen atoms in total. The quantitative estimate of drug-likeness (QED) is 0.652. The highest BCUT2D eigenvalue weighted by Gasteiger charge is 2.05. The van der Waals surface area contributed by atoms with Crippen LogP contribution in [0.15, 0.2) is 30.6 Å². The molecule has 1 aromatic heterocycles. The molecule has 0 bridgehead atoms. The zero-order valence-corrected chi connectivity index (χ0v) is 6.79. The zero-order chi connectivity index (χ0) is 9.26. The fourth-order valence-corrected chi connectivity index (χ4v) is 1.15. The standard InChI is InChI=1S/C9H8FN3/c10-6-1-2-8(11)7(5-6)9-12-3-4-13-9/h1-5H,11H2,(H,12,13). The molecule has 66 valence electrons.